The summed E-state index contributed by atoms with van der Waals surface area (Å²) < 4.78 is 11.1. The number of rotatable bonds is 6. The lowest BCUT2D eigenvalue weighted by Gasteiger charge is -2.32. The fourth-order valence-corrected chi connectivity index (χ4v) is 3.06. The molecule has 2 aromatic rings. The van der Waals surface area contributed by atoms with Crippen LogP contribution in [0, 0.1) is 5.92 Å². The van der Waals surface area contributed by atoms with Crippen LogP contribution >= 0.6 is 0 Å². The Balaban J connectivity index is 1.48. The number of piperidine rings is 1. The standard InChI is InChI=1S/C19H24N2O2/c1-22-18-4-6-19(7-5-18)23-15-17-3-2-12-21(14-17)13-16-8-10-20-11-9-16/h4-11,17H,2-3,12-15H2,1H3/t17-/m1/s1. The minimum absolute atomic E-state index is 0.590. The average Bonchev–Trinajstić information content (AvgIpc) is 2.62. The van der Waals surface area contributed by atoms with E-state index in [0.717, 1.165) is 31.2 Å². The molecule has 23 heavy (non-hydrogen) atoms. The number of likely N-dealkylation sites (tertiary alicyclic amines) is 1. The van der Waals surface area contributed by atoms with Crippen molar-refractivity contribution < 1.29 is 9.47 Å². The van der Waals surface area contributed by atoms with E-state index in [1.165, 1.54) is 24.9 Å². The van der Waals surface area contributed by atoms with Crippen molar-refractivity contribution in [3.63, 3.8) is 0 Å². The van der Waals surface area contributed by atoms with Crippen LogP contribution in [0.5, 0.6) is 11.5 Å². The Hall–Kier alpha value is -2.07. The van der Waals surface area contributed by atoms with Gasteiger partial charge in [-0.05, 0) is 61.3 Å². The molecule has 2 heterocycles. The van der Waals surface area contributed by atoms with E-state index in [1.807, 2.05) is 36.7 Å². The zero-order valence-electron chi connectivity index (χ0n) is 13.6. The topological polar surface area (TPSA) is 34.6 Å². The number of hydrogen-bond acceptors (Lipinski definition) is 4. The van der Waals surface area contributed by atoms with E-state index in [1.54, 1.807) is 7.11 Å². The van der Waals surface area contributed by atoms with Crippen molar-refractivity contribution in [3.8, 4) is 11.5 Å². The summed E-state index contributed by atoms with van der Waals surface area (Å²) >= 11 is 0. The van der Waals surface area contributed by atoms with Gasteiger partial charge in [0.05, 0.1) is 13.7 Å². The summed E-state index contributed by atoms with van der Waals surface area (Å²) in [5.74, 6) is 2.36. The molecule has 3 rings (SSSR count). The summed E-state index contributed by atoms with van der Waals surface area (Å²) in [5, 5.41) is 0. The maximum absolute atomic E-state index is 5.95. The van der Waals surface area contributed by atoms with Crippen LogP contribution in [0.25, 0.3) is 0 Å². The van der Waals surface area contributed by atoms with Crippen LogP contribution < -0.4 is 9.47 Å². The molecule has 122 valence electrons. The van der Waals surface area contributed by atoms with Crippen LogP contribution in [0.3, 0.4) is 0 Å². The average molecular weight is 312 g/mol. The molecular weight excluding hydrogens is 288 g/mol. The van der Waals surface area contributed by atoms with E-state index >= 15 is 0 Å². The number of methoxy groups -OCH3 is 1. The van der Waals surface area contributed by atoms with Gasteiger partial charge in [-0.3, -0.25) is 9.88 Å². The first-order chi connectivity index (χ1) is 11.3. The second kappa shape index (κ2) is 7.97. The van der Waals surface area contributed by atoms with Gasteiger partial charge >= 0.3 is 0 Å². The normalized spacial score (nSPS) is 18.6. The molecule has 1 saturated heterocycles. The molecular formula is C19H24N2O2. The van der Waals surface area contributed by atoms with Gasteiger partial charge in [0.25, 0.3) is 0 Å². The molecule has 0 radical (unpaired) electrons. The number of aromatic nitrogens is 1. The Morgan fingerprint density at radius 2 is 1.83 bits per heavy atom. The van der Waals surface area contributed by atoms with E-state index in [-0.39, 0.29) is 0 Å². The molecule has 0 amide bonds. The lowest BCUT2D eigenvalue weighted by molar-refractivity contribution is 0.125. The summed E-state index contributed by atoms with van der Waals surface area (Å²) in [5.41, 5.74) is 1.33. The van der Waals surface area contributed by atoms with Gasteiger partial charge in [0, 0.05) is 31.4 Å². The monoisotopic (exact) mass is 312 g/mol. The molecule has 0 N–H and O–H groups in total. The van der Waals surface area contributed by atoms with Crippen LogP contribution in [-0.2, 0) is 6.54 Å². The third-order valence-electron chi connectivity index (χ3n) is 4.30. The van der Waals surface area contributed by atoms with E-state index in [9.17, 15) is 0 Å². The van der Waals surface area contributed by atoms with E-state index in [2.05, 4.69) is 22.0 Å². The van der Waals surface area contributed by atoms with Crippen LogP contribution in [-0.4, -0.2) is 36.7 Å². The van der Waals surface area contributed by atoms with Crippen LogP contribution in [0.15, 0.2) is 48.8 Å². The first-order valence-electron chi connectivity index (χ1n) is 8.21. The van der Waals surface area contributed by atoms with Crippen LogP contribution in [0.4, 0.5) is 0 Å². The number of hydrogen-bond donors (Lipinski definition) is 0. The summed E-state index contributed by atoms with van der Waals surface area (Å²) in [4.78, 5) is 6.60. The Morgan fingerprint density at radius 1 is 1.09 bits per heavy atom. The molecule has 1 fully saturated rings. The summed E-state index contributed by atoms with van der Waals surface area (Å²) in [7, 11) is 1.68. The van der Waals surface area contributed by atoms with Crippen molar-refractivity contribution in [3.05, 3.63) is 54.4 Å². The van der Waals surface area contributed by atoms with Crippen LogP contribution in [0.1, 0.15) is 18.4 Å². The Labute approximate surface area is 138 Å². The quantitative estimate of drug-likeness (QED) is 0.819. The minimum atomic E-state index is 0.590. The van der Waals surface area contributed by atoms with Gasteiger partial charge in [0.1, 0.15) is 11.5 Å². The molecule has 0 unspecified atom stereocenters. The molecule has 1 atom stereocenters. The van der Waals surface area contributed by atoms with Gasteiger partial charge in [-0.15, -0.1) is 0 Å². The Bertz CT molecular complexity index is 586. The third kappa shape index (κ3) is 4.70. The summed E-state index contributed by atoms with van der Waals surface area (Å²) in [6, 6.07) is 12.0. The first kappa shape index (κ1) is 15.8. The van der Waals surface area contributed by atoms with E-state index < -0.39 is 0 Å². The highest BCUT2D eigenvalue weighted by molar-refractivity contribution is 5.31. The summed E-state index contributed by atoms with van der Waals surface area (Å²) in [6.07, 6.45) is 6.21. The molecule has 0 saturated carbocycles. The zero-order chi connectivity index (χ0) is 15.9. The minimum Gasteiger partial charge on any atom is -0.497 e. The van der Waals surface area contributed by atoms with Gasteiger partial charge in [-0.25, -0.2) is 0 Å². The van der Waals surface area contributed by atoms with Gasteiger partial charge in [-0.2, -0.15) is 0 Å². The van der Waals surface area contributed by atoms with Crippen molar-refractivity contribution in [2.75, 3.05) is 26.8 Å². The van der Waals surface area contributed by atoms with E-state index in [0.29, 0.717) is 5.92 Å². The third-order valence-corrected chi connectivity index (χ3v) is 4.30. The molecule has 4 nitrogen and oxygen atoms in total. The highest BCUT2D eigenvalue weighted by Crippen LogP contribution is 2.21. The van der Waals surface area contributed by atoms with Gasteiger partial charge in [0.15, 0.2) is 0 Å². The van der Waals surface area contributed by atoms with Crippen molar-refractivity contribution in [2.45, 2.75) is 19.4 Å². The van der Waals surface area contributed by atoms with Gasteiger partial charge in [0.2, 0.25) is 0 Å². The molecule has 4 heteroatoms. The molecule has 1 aliphatic heterocycles. The van der Waals surface area contributed by atoms with Crippen molar-refractivity contribution in [1.29, 1.82) is 0 Å². The molecule has 1 aliphatic rings. The van der Waals surface area contributed by atoms with Crippen molar-refractivity contribution in [2.24, 2.45) is 5.92 Å². The second-order valence-electron chi connectivity index (χ2n) is 6.09. The maximum Gasteiger partial charge on any atom is 0.119 e. The fraction of sp³-hybridized carbons (Fsp3) is 0.421. The molecule has 0 spiro atoms. The highest BCUT2D eigenvalue weighted by Gasteiger charge is 2.20. The van der Waals surface area contributed by atoms with E-state index in [4.69, 9.17) is 9.47 Å². The largest absolute Gasteiger partial charge is 0.497 e. The molecule has 1 aromatic carbocycles. The van der Waals surface area contributed by atoms with Gasteiger partial charge < -0.3 is 9.47 Å². The molecule has 1 aromatic heterocycles. The second-order valence-corrected chi connectivity index (χ2v) is 6.09. The predicted molar refractivity (Wildman–Crippen MR) is 90.7 cm³/mol. The smallest absolute Gasteiger partial charge is 0.119 e. The Morgan fingerprint density at radius 3 is 2.57 bits per heavy atom. The van der Waals surface area contributed by atoms with Crippen LogP contribution in [0.2, 0.25) is 0 Å². The molecule has 0 aliphatic carbocycles. The lowest BCUT2D eigenvalue weighted by atomic mass is 9.98. The number of benzene rings is 1. The van der Waals surface area contributed by atoms with Crippen molar-refractivity contribution in [1.82, 2.24) is 9.88 Å². The predicted octanol–water partition coefficient (Wildman–Crippen LogP) is 3.38. The highest BCUT2D eigenvalue weighted by atomic mass is 16.5. The number of nitrogens with zero attached hydrogens (tertiary/aromatic N) is 2. The first-order valence-corrected chi connectivity index (χ1v) is 8.21. The SMILES string of the molecule is COc1ccc(OC[C@@H]2CCCN(Cc3ccncc3)C2)cc1. The zero-order valence-corrected chi connectivity index (χ0v) is 13.6. The lowest BCUT2D eigenvalue weighted by Crippen LogP contribution is -2.37. The maximum atomic E-state index is 5.95. The van der Waals surface area contributed by atoms with Gasteiger partial charge in [-0.1, -0.05) is 0 Å². The number of pyridine rings is 1. The number of ether oxygens (including phenoxy) is 2. The van der Waals surface area contributed by atoms with Crippen molar-refractivity contribution >= 4 is 0 Å². The summed E-state index contributed by atoms with van der Waals surface area (Å²) in [6.45, 7) is 4.04. The fourth-order valence-electron chi connectivity index (χ4n) is 3.06. The Kier molecular flexibility index (Phi) is 5.48. The molecule has 0 bridgehead atoms.